The van der Waals surface area contributed by atoms with Gasteiger partial charge in [-0.1, -0.05) is 203 Å². The van der Waals surface area contributed by atoms with E-state index in [2.05, 4.69) is 273 Å². The predicted octanol–water partition coefficient (Wildman–Crippen LogP) is 20.4. The van der Waals surface area contributed by atoms with Crippen LogP contribution in [0.5, 0.6) is 0 Å². The van der Waals surface area contributed by atoms with E-state index < -0.39 is 0 Å². The Kier molecular flexibility index (Phi) is 25.4. The second kappa shape index (κ2) is 31.8. The van der Waals surface area contributed by atoms with E-state index in [0.29, 0.717) is 0 Å². The number of benzene rings is 8. The van der Waals surface area contributed by atoms with Gasteiger partial charge in [-0.15, -0.1) is 0 Å². The highest BCUT2D eigenvalue weighted by Crippen LogP contribution is 2.22. The number of rotatable bonds is 0. The number of nitrogens with zero attached hydrogens (tertiary/aromatic N) is 3. The Morgan fingerprint density at radius 2 is 0.519 bits per heavy atom. The lowest BCUT2D eigenvalue weighted by Gasteiger charge is -2.03. The molecule has 8 aromatic carbocycles. The van der Waals surface area contributed by atoms with Crippen LogP contribution in [0.15, 0.2) is 207 Å². The van der Waals surface area contributed by atoms with Crippen LogP contribution >= 0.6 is 0 Å². The molecule has 77 heavy (non-hydrogen) atoms. The fraction of sp³-hybridized carbons (Fsp3) is 0.230. The molecule has 3 nitrogen and oxygen atoms in total. The Labute approximate surface area is 464 Å². The SMILES string of the molecule is Cc1cc(C)nc(C)c1.Cc1ccc(C)c2ccccc12.Cc1ccc(C)cc1.Cc1ccc(C)nc1.Cc1ccc(C)nc1.Cc1ccc2cc(C)ccc2c1.Cc1cccc(C)c1.Cc1cccc2c(C)cccc12. The van der Waals surface area contributed by atoms with Gasteiger partial charge < -0.3 is 0 Å². The van der Waals surface area contributed by atoms with Crippen molar-refractivity contribution in [1.29, 1.82) is 0 Å². The van der Waals surface area contributed by atoms with Crippen molar-refractivity contribution in [2.45, 2.75) is 118 Å². The van der Waals surface area contributed by atoms with Gasteiger partial charge in [-0.2, -0.15) is 0 Å². The molecular weight excluding hydrogens is 931 g/mol. The number of aromatic nitrogens is 3. The number of fused-ring (bicyclic) bond motifs is 3. The monoisotopic (exact) mass is 1020 g/mol. The van der Waals surface area contributed by atoms with Crippen molar-refractivity contribution in [3.05, 3.63) is 302 Å². The summed E-state index contributed by atoms with van der Waals surface area (Å²) in [6.07, 6.45) is 3.74. The summed E-state index contributed by atoms with van der Waals surface area (Å²) in [5.74, 6) is 0. The van der Waals surface area contributed by atoms with Crippen molar-refractivity contribution in [1.82, 2.24) is 15.0 Å². The summed E-state index contributed by atoms with van der Waals surface area (Å²) in [5, 5.41) is 8.16. The Morgan fingerprint density at radius 1 is 0.208 bits per heavy atom. The first-order valence-corrected chi connectivity index (χ1v) is 26.8. The molecule has 3 heterocycles. The molecule has 0 radical (unpaired) electrons. The first-order chi connectivity index (χ1) is 36.7. The Morgan fingerprint density at radius 3 is 0.831 bits per heavy atom. The molecule has 0 spiro atoms. The number of hydrogen-bond donors (Lipinski definition) is 0. The Balaban J connectivity index is 0.000000191. The van der Waals surface area contributed by atoms with Gasteiger partial charge in [-0.3, -0.25) is 15.0 Å². The average molecular weight is 1020 g/mol. The molecule has 0 atom stereocenters. The largest absolute Gasteiger partial charge is 0.261 e. The maximum atomic E-state index is 4.23. The van der Waals surface area contributed by atoms with E-state index in [1.54, 1.807) is 0 Å². The molecule has 0 unspecified atom stereocenters. The second-order valence-electron chi connectivity index (χ2n) is 20.5. The van der Waals surface area contributed by atoms with Crippen molar-refractivity contribution in [2.75, 3.05) is 0 Å². The van der Waals surface area contributed by atoms with Gasteiger partial charge in [-0.05, 0) is 213 Å². The first kappa shape index (κ1) is 61.5. The molecule has 0 saturated heterocycles. The lowest BCUT2D eigenvalue weighted by Crippen LogP contribution is -1.85. The smallest absolute Gasteiger partial charge is 0.0378 e. The van der Waals surface area contributed by atoms with Crippen molar-refractivity contribution < 1.29 is 0 Å². The molecule has 0 aliphatic carbocycles. The number of hydrogen-bond acceptors (Lipinski definition) is 3. The summed E-state index contributed by atoms with van der Waals surface area (Å²) in [6.45, 7) is 35.4. The molecule has 0 saturated carbocycles. The highest BCUT2D eigenvalue weighted by molar-refractivity contribution is 5.89. The minimum atomic E-state index is 1.08. The first-order valence-electron chi connectivity index (χ1n) is 26.8. The van der Waals surface area contributed by atoms with Crippen LogP contribution in [0, 0.1) is 118 Å². The third-order valence-corrected chi connectivity index (χ3v) is 12.6. The van der Waals surface area contributed by atoms with Gasteiger partial charge in [0.2, 0.25) is 0 Å². The van der Waals surface area contributed by atoms with Crippen molar-refractivity contribution in [2.24, 2.45) is 0 Å². The zero-order valence-electron chi connectivity index (χ0n) is 49.5. The van der Waals surface area contributed by atoms with Crippen molar-refractivity contribution in [3.63, 3.8) is 0 Å². The summed E-state index contributed by atoms with van der Waals surface area (Å²) in [6, 6.07) is 68.1. The number of pyridine rings is 3. The third-order valence-electron chi connectivity index (χ3n) is 12.6. The van der Waals surface area contributed by atoms with Gasteiger partial charge in [0.1, 0.15) is 0 Å². The summed E-state index contributed by atoms with van der Waals surface area (Å²) < 4.78 is 0. The van der Waals surface area contributed by atoms with Crippen LogP contribution in [0.4, 0.5) is 0 Å². The topological polar surface area (TPSA) is 38.7 Å². The van der Waals surface area contributed by atoms with E-state index in [9.17, 15) is 0 Å². The van der Waals surface area contributed by atoms with Crippen LogP contribution in [-0.4, -0.2) is 15.0 Å². The molecule has 3 aromatic heterocycles. The average Bonchev–Trinajstić information content (AvgIpc) is 3.39. The van der Waals surface area contributed by atoms with Crippen LogP contribution in [0.1, 0.15) is 95.1 Å². The normalized spacial score (nSPS) is 9.88. The van der Waals surface area contributed by atoms with E-state index in [4.69, 9.17) is 0 Å². The van der Waals surface area contributed by atoms with E-state index in [1.807, 2.05) is 66.1 Å². The lowest BCUT2D eigenvalue weighted by molar-refractivity contribution is 1.10. The molecule has 396 valence electrons. The summed E-state index contributed by atoms with van der Waals surface area (Å²) >= 11 is 0. The van der Waals surface area contributed by atoms with Crippen LogP contribution in [0.25, 0.3) is 32.3 Å². The maximum Gasteiger partial charge on any atom is 0.0378 e. The molecule has 0 bridgehead atoms. The Hall–Kier alpha value is -8.01. The van der Waals surface area contributed by atoms with Crippen LogP contribution in [0.2, 0.25) is 0 Å². The second-order valence-corrected chi connectivity index (χ2v) is 20.5. The molecule has 0 amide bonds. The zero-order valence-corrected chi connectivity index (χ0v) is 49.5. The highest BCUT2D eigenvalue weighted by Gasteiger charge is 1.99. The molecule has 3 heteroatoms. The summed E-state index contributed by atoms with van der Waals surface area (Å²) in [7, 11) is 0. The van der Waals surface area contributed by atoms with Gasteiger partial charge in [0.25, 0.3) is 0 Å². The van der Waals surface area contributed by atoms with Gasteiger partial charge >= 0.3 is 0 Å². The van der Waals surface area contributed by atoms with Gasteiger partial charge in [0.15, 0.2) is 0 Å². The lowest BCUT2D eigenvalue weighted by atomic mass is 10.0. The standard InChI is InChI=1S/3C12H12.C8H11N.2C8H10.2C7H9N/c1-9-3-5-12-8-10(2)4-6-11(12)7-9;1-9-5-3-8-12-10(2)6-4-7-11(9)12;1-9-7-8-10(2)12-6-4-3-5-11(9)12;1-6-4-7(2)9-8(3)5-6;1-7-3-5-8(2)6-4-7;1-7-4-3-5-8(2)6-7;2*1-6-3-4-7(2)8-5-6/h3*3-8H,1-2H3;4-5H,1-3H3;2*3-6H,1-2H3;2*3-5H,1-2H3. The van der Waals surface area contributed by atoms with Gasteiger partial charge in [0.05, 0.1) is 0 Å². The highest BCUT2D eigenvalue weighted by atomic mass is 14.7. The fourth-order valence-corrected chi connectivity index (χ4v) is 8.28. The van der Waals surface area contributed by atoms with Crippen molar-refractivity contribution >= 4 is 32.3 Å². The van der Waals surface area contributed by atoms with Crippen LogP contribution < -0.4 is 0 Å². The zero-order chi connectivity index (χ0) is 56.4. The minimum Gasteiger partial charge on any atom is -0.261 e. The quantitative estimate of drug-likeness (QED) is 0.152. The summed E-state index contributed by atoms with van der Waals surface area (Å²) in [4.78, 5) is 12.4. The third kappa shape index (κ3) is 22.8. The summed E-state index contributed by atoms with van der Waals surface area (Å²) in [5.41, 5.74) is 21.5. The van der Waals surface area contributed by atoms with Gasteiger partial charge in [0, 0.05) is 35.2 Å². The van der Waals surface area contributed by atoms with E-state index in [-0.39, 0.29) is 0 Å². The molecular formula is C74H85N3. The predicted molar refractivity (Wildman–Crippen MR) is 338 cm³/mol. The van der Waals surface area contributed by atoms with E-state index in [0.717, 1.165) is 22.8 Å². The van der Waals surface area contributed by atoms with E-state index >= 15 is 0 Å². The molecule has 0 fully saturated rings. The van der Waals surface area contributed by atoms with Gasteiger partial charge in [-0.25, -0.2) is 0 Å². The fourth-order valence-electron chi connectivity index (χ4n) is 8.28. The molecule has 0 N–H and O–H groups in total. The molecule has 11 aromatic rings. The maximum absolute atomic E-state index is 4.23. The number of aryl methyl sites for hydroxylation is 17. The van der Waals surface area contributed by atoms with Crippen LogP contribution in [0.3, 0.4) is 0 Å². The molecule has 0 aliphatic heterocycles. The van der Waals surface area contributed by atoms with E-state index in [1.165, 1.54) is 105 Å². The molecule has 11 rings (SSSR count). The van der Waals surface area contributed by atoms with Crippen LogP contribution in [-0.2, 0) is 0 Å². The van der Waals surface area contributed by atoms with Crippen molar-refractivity contribution in [3.8, 4) is 0 Å². The minimum absolute atomic E-state index is 1.08. The Bertz CT molecular complexity index is 3120. The molecule has 0 aliphatic rings.